The van der Waals surface area contributed by atoms with E-state index < -0.39 is 0 Å². The van der Waals surface area contributed by atoms with Crippen molar-refractivity contribution >= 4 is 17.1 Å². The van der Waals surface area contributed by atoms with Gasteiger partial charge in [0, 0.05) is 27.9 Å². The smallest absolute Gasteiger partial charge is 0.0473 e. The summed E-state index contributed by atoms with van der Waals surface area (Å²) in [5.74, 6) is 5.72. The zero-order valence-corrected chi connectivity index (χ0v) is 35.9. The van der Waals surface area contributed by atoms with Crippen molar-refractivity contribution in [2.24, 2.45) is 41.4 Å². The number of hydrogen-bond donors (Lipinski definition) is 0. The van der Waals surface area contributed by atoms with E-state index in [0.717, 1.165) is 35.5 Å². The molecule has 0 aliphatic heterocycles. The molecule has 0 unspecified atom stereocenters. The molecule has 7 aromatic carbocycles. The zero-order valence-electron chi connectivity index (χ0n) is 35.9. The highest BCUT2D eigenvalue weighted by molar-refractivity contribution is 5.92. The highest BCUT2D eigenvalue weighted by Gasteiger charge is 2.61. The normalized spacial score (nSPS) is 30.0. The van der Waals surface area contributed by atoms with Gasteiger partial charge in [0.1, 0.15) is 0 Å². The van der Waals surface area contributed by atoms with Crippen LogP contribution in [-0.2, 0) is 10.8 Å². The van der Waals surface area contributed by atoms with Crippen LogP contribution in [0, 0.1) is 41.4 Å². The van der Waals surface area contributed by atoms with Crippen molar-refractivity contribution < 1.29 is 0 Å². The Morgan fingerprint density at radius 2 is 0.839 bits per heavy atom. The first-order valence-corrected chi connectivity index (χ1v) is 24.1. The fraction of sp³-hybridized carbons (Fsp3) is 0.311. The van der Waals surface area contributed by atoms with Gasteiger partial charge in [0.2, 0.25) is 0 Å². The first-order valence-electron chi connectivity index (χ1n) is 24.1. The molecule has 0 aromatic heterocycles. The minimum absolute atomic E-state index is 0.0865. The van der Waals surface area contributed by atoms with E-state index in [1.807, 2.05) is 0 Å². The molecule has 1 heteroatoms. The van der Waals surface area contributed by atoms with Crippen molar-refractivity contribution in [2.45, 2.75) is 75.5 Å². The monoisotopic (exact) mass is 801 g/mol. The third kappa shape index (κ3) is 4.92. The average Bonchev–Trinajstić information content (AvgIpc) is 3.62. The molecule has 16 rings (SSSR count). The molecule has 0 heterocycles. The molecule has 7 fully saturated rings. The van der Waals surface area contributed by atoms with Crippen molar-refractivity contribution in [2.75, 3.05) is 4.90 Å². The third-order valence-corrected chi connectivity index (χ3v) is 18.1. The number of hydrogen-bond acceptors (Lipinski definition) is 1. The maximum Gasteiger partial charge on any atom is 0.0473 e. The van der Waals surface area contributed by atoms with Crippen LogP contribution in [0.1, 0.15) is 87.0 Å². The van der Waals surface area contributed by atoms with Gasteiger partial charge in [0.25, 0.3) is 0 Å². The van der Waals surface area contributed by atoms with Crippen LogP contribution in [0.2, 0.25) is 0 Å². The SMILES string of the molecule is C[C@H]1CC2CC(C2)C[C@]12c1ccccc1-c1cc(N(c3cc(-c4ccccc4)cc(-c4ccccc4)c3)c3ccc4c(c3)-c3ccccc3[C@]43[C@@H]4CC5C[C@@H](C4)C[C@@H]3C5)ccc12. The van der Waals surface area contributed by atoms with Gasteiger partial charge in [-0.3, -0.25) is 0 Å². The second kappa shape index (κ2) is 13.2. The molecular formula is C61H55N. The minimum Gasteiger partial charge on any atom is -0.310 e. The maximum absolute atomic E-state index is 2.62. The maximum atomic E-state index is 2.62. The van der Waals surface area contributed by atoms with E-state index in [4.69, 9.17) is 0 Å². The first-order chi connectivity index (χ1) is 30.5. The Hall–Kier alpha value is -5.66. The average molecular weight is 802 g/mol. The molecule has 7 aromatic rings. The molecule has 0 saturated heterocycles. The summed E-state index contributed by atoms with van der Waals surface area (Å²) in [5.41, 5.74) is 21.1. The topological polar surface area (TPSA) is 3.24 Å². The van der Waals surface area contributed by atoms with Gasteiger partial charge in [0.05, 0.1) is 0 Å². The van der Waals surface area contributed by atoms with Crippen molar-refractivity contribution in [1.82, 2.24) is 0 Å². The summed E-state index contributed by atoms with van der Waals surface area (Å²) < 4.78 is 0. The zero-order chi connectivity index (χ0) is 40.7. The lowest BCUT2D eigenvalue weighted by Crippen LogP contribution is -2.55. The van der Waals surface area contributed by atoms with Crippen molar-refractivity contribution in [3.8, 4) is 44.5 Å². The molecular weight excluding hydrogens is 747 g/mol. The van der Waals surface area contributed by atoms with Gasteiger partial charge < -0.3 is 4.90 Å². The fourth-order valence-electron chi connectivity index (χ4n) is 15.9. The van der Waals surface area contributed by atoms with Gasteiger partial charge in [0.15, 0.2) is 0 Å². The summed E-state index contributed by atoms with van der Waals surface area (Å²) in [7, 11) is 0. The van der Waals surface area contributed by atoms with Gasteiger partial charge in [-0.25, -0.2) is 0 Å². The van der Waals surface area contributed by atoms with Crippen LogP contribution in [0.25, 0.3) is 44.5 Å². The molecule has 9 aliphatic rings. The minimum atomic E-state index is 0.0865. The van der Waals surface area contributed by atoms with E-state index in [1.165, 1.54) is 119 Å². The molecule has 0 amide bonds. The van der Waals surface area contributed by atoms with Crippen LogP contribution < -0.4 is 4.90 Å². The fourth-order valence-corrected chi connectivity index (χ4v) is 15.9. The van der Waals surface area contributed by atoms with Crippen LogP contribution in [0.5, 0.6) is 0 Å². The summed E-state index contributed by atoms with van der Waals surface area (Å²) in [6.07, 6.45) is 12.6. The van der Waals surface area contributed by atoms with Crippen LogP contribution in [0.15, 0.2) is 164 Å². The predicted octanol–water partition coefficient (Wildman–Crippen LogP) is 15.9. The summed E-state index contributed by atoms with van der Waals surface area (Å²) in [5, 5.41) is 0. The van der Waals surface area contributed by atoms with Crippen LogP contribution >= 0.6 is 0 Å². The van der Waals surface area contributed by atoms with Gasteiger partial charge in [-0.1, -0.05) is 128 Å². The number of anilines is 3. The summed E-state index contributed by atoms with van der Waals surface area (Å²) in [6.45, 7) is 2.58. The molecule has 1 nitrogen and oxygen atoms in total. The molecule has 7 saturated carbocycles. The van der Waals surface area contributed by atoms with Crippen molar-refractivity contribution in [1.29, 1.82) is 0 Å². The van der Waals surface area contributed by atoms with Crippen molar-refractivity contribution in [3.63, 3.8) is 0 Å². The third-order valence-electron chi connectivity index (χ3n) is 18.1. The Labute approximate surface area is 367 Å². The van der Waals surface area contributed by atoms with Gasteiger partial charge in [-0.15, -0.1) is 0 Å². The molecule has 0 radical (unpaired) electrons. The lowest BCUT2D eigenvalue weighted by molar-refractivity contribution is -0.0399. The molecule has 9 aliphatic carbocycles. The molecule has 6 bridgehead atoms. The highest BCUT2D eigenvalue weighted by atomic mass is 15.1. The first kappa shape index (κ1) is 35.9. The lowest BCUT2D eigenvalue weighted by Gasteiger charge is -2.61. The number of benzene rings is 7. The van der Waals surface area contributed by atoms with E-state index >= 15 is 0 Å². The Balaban J connectivity index is 0.998. The summed E-state index contributed by atoms with van der Waals surface area (Å²) >= 11 is 0. The Bertz CT molecular complexity index is 2830. The van der Waals surface area contributed by atoms with E-state index in [-0.39, 0.29) is 10.8 Å². The van der Waals surface area contributed by atoms with Gasteiger partial charge in [-0.05, 0) is 208 Å². The summed E-state index contributed by atoms with van der Waals surface area (Å²) in [6, 6.07) is 63.8. The highest BCUT2D eigenvalue weighted by Crippen LogP contribution is 2.70. The van der Waals surface area contributed by atoms with E-state index in [9.17, 15) is 0 Å². The molecule has 62 heavy (non-hydrogen) atoms. The molecule has 2 atom stereocenters. The lowest BCUT2D eigenvalue weighted by atomic mass is 9.43. The Morgan fingerprint density at radius 1 is 0.371 bits per heavy atom. The van der Waals surface area contributed by atoms with Crippen LogP contribution in [0.4, 0.5) is 17.1 Å². The molecule has 304 valence electrons. The molecule has 2 spiro atoms. The Kier molecular flexibility index (Phi) is 7.63. The predicted molar refractivity (Wildman–Crippen MR) is 256 cm³/mol. The Morgan fingerprint density at radius 3 is 1.47 bits per heavy atom. The van der Waals surface area contributed by atoms with E-state index in [0.29, 0.717) is 5.92 Å². The number of fused-ring (bicyclic) bond motifs is 7. The van der Waals surface area contributed by atoms with Crippen LogP contribution in [-0.4, -0.2) is 0 Å². The quantitative estimate of drug-likeness (QED) is 0.168. The standard InChI is InChI=1S/C61H55N/c1-38-24-39-26-42(27-39)37-60(38)56-18-10-8-16-52(56)54-35-49(20-22-57(54)60)62(51-33-45(43-12-4-2-5-13-43)32-46(34-51)44-14-6-3-7-15-44)50-21-23-59-55(36-50)53-17-9-11-19-58(53)61(59)47-28-40-25-41(30-47)31-48(61)29-40/h2-23,32-36,38-42,47-48H,24-31,37H2,1H3/t38-,39?,40-,41?,42?,47-,48+,60+,61+/m0/s1. The van der Waals surface area contributed by atoms with Crippen LogP contribution in [0.3, 0.4) is 0 Å². The molecule has 0 N–H and O–H groups in total. The van der Waals surface area contributed by atoms with E-state index in [2.05, 4.69) is 176 Å². The largest absolute Gasteiger partial charge is 0.310 e. The number of rotatable bonds is 5. The van der Waals surface area contributed by atoms with Crippen molar-refractivity contribution in [3.05, 3.63) is 186 Å². The van der Waals surface area contributed by atoms with Gasteiger partial charge >= 0.3 is 0 Å². The van der Waals surface area contributed by atoms with Gasteiger partial charge in [-0.2, -0.15) is 0 Å². The second-order valence-electron chi connectivity index (χ2n) is 21.1. The number of nitrogens with zero attached hydrogens (tertiary/aromatic N) is 1. The van der Waals surface area contributed by atoms with E-state index in [1.54, 1.807) is 22.3 Å². The summed E-state index contributed by atoms with van der Waals surface area (Å²) in [4.78, 5) is 2.62. The second-order valence-corrected chi connectivity index (χ2v) is 21.1.